The van der Waals surface area contributed by atoms with Gasteiger partial charge < -0.3 is 10.4 Å². The zero-order valence-electron chi connectivity index (χ0n) is 16.7. The second-order valence-corrected chi connectivity index (χ2v) is 7.48. The molecule has 0 fully saturated rings. The van der Waals surface area contributed by atoms with Gasteiger partial charge in [0.15, 0.2) is 0 Å². The first-order chi connectivity index (χ1) is 14.4. The quantitative estimate of drug-likeness (QED) is 0.416. The number of nitrogens with one attached hydrogen (secondary N) is 2. The molecule has 0 saturated carbocycles. The summed E-state index contributed by atoms with van der Waals surface area (Å²) in [4.78, 5) is 11.8. The highest BCUT2D eigenvalue weighted by Gasteiger charge is 2.09. The Morgan fingerprint density at radius 2 is 1.97 bits per heavy atom. The Hall–Kier alpha value is -3.37. The third-order valence-electron chi connectivity index (χ3n) is 4.44. The molecule has 7 nitrogen and oxygen atoms in total. The predicted molar refractivity (Wildman–Crippen MR) is 115 cm³/mol. The molecule has 1 aromatic heterocycles. The van der Waals surface area contributed by atoms with E-state index in [1.165, 1.54) is 6.07 Å². The number of benzene rings is 2. The van der Waals surface area contributed by atoms with Crippen molar-refractivity contribution in [3.8, 4) is 29.0 Å². The Kier molecular flexibility index (Phi) is 7.04. The molecule has 0 saturated heterocycles. The molecular weight excluding hydrogens is 402 g/mol. The molecule has 3 rings (SSSR count). The minimum atomic E-state index is -0.0388. The van der Waals surface area contributed by atoms with Crippen LogP contribution in [0.5, 0.6) is 5.75 Å². The molecule has 30 heavy (non-hydrogen) atoms. The highest BCUT2D eigenvalue weighted by atomic mass is 35.5. The number of amides is 1. The lowest BCUT2D eigenvalue weighted by atomic mass is 9.99. The topological polar surface area (TPSA) is 104 Å². The molecule has 0 aliphatic carbocycles. The molecule has 0 atom stereocenters. The van der Waals surface area contributed by atoms with E-state index in [1.807, 2.05) is 32.0 Å². The van der Waals surface area contributed by atoms with Crippen LogP contribution in [0.4, 0.5) is 0 Å². The fraction of sp³-hybridized carbons (Fsp3) is 0.273. The maximum absolute atomic E-state index is 11.8. The van der Waals surface area contributed by atoms with Crippen LogP contribution in [0.1, 0.15) is 37.0 Å². The van der Waals surface area contributed by atoms with Crippen molar-refractivity contribution in [1.82, 2.24) is 25.9 Å². The third-order valence-corrected chi connectivity index (χ3v) is 4.75. The van der Waals surface area contributed by atoms with Gasteiger partial charge in [-0.25, -0.2) is 0 Å². The van der Waals surface area contributed by atoms with Crippen LogP contribution in [0.2, 0.25) is 5.02 Å². The van der Waals surface area contributed by atoms with Crippen LogP contribution in [0.3, 0.4) is 0 Å². The number of aromatic nitrogens is 4. The van der Waals surface area contributed by atoms with E-state index in [0.717, 1.165) is 29.5 Å². The summed E-state index contributed by atoms with van der Waals surface area (Å²) in [5.41, 5.74) is 3.32. The zero-order chi connectivity index (χ0) is 21.5. The fourth-order valence-electron chi connectivity index (χ4n) is 2.78. The van der Waals surface area contributed by atoms with Crippen LogP contribution in [-0.2, 0) is 11.2 Å². The van der Waals surface area contributed by atoms with E-state index in [1.54, 1.807) is 12.1 Å². The van der Waals surface area contributed by atoms with E-state index in [0.29, 0.717) is 23.0 Å². The molecule has 0 spiro atoms. The second kappa shape index (κ2) is 9.90. The summed E-state index contributed by atoms with van der Waals surface area (Å²) in [6.07, 6.45) is 1.49. The molecule has 0 aliphatic heterocycles. The van der Waals surface area contributed by atoms with E-state index in [-0.39, 0.29) is 17.6 Å². The number of rotatable bonds is 6. The standard InChI is InChI=1S/C22H22ClN5O2/c1-14(2)22(30)24-11-3-4-17-12-18(21-25-27-28-26-21)8-6-15(17)5-7-16-9-10-19(29)13-20(16)23/h6,8-10,12-14,29H,3-4,11H2,1-2H3,(H,24,30)(H,25,26,27,28). The monoisotopic (exact) mass is 423 g/mol. The van der Waals surface area contributed by atoms with Gasteiger partial charge in [-0.15, -0.1) is 10.2 Å². The molecule has 1 heterocycles. The maximum atomic E-state index is 11.8. The molecule has 154 valence electrons. The Morgan fingerprint density at radius 3 is 2.67 bits per heavy atom. The third kappa shape index (κ3) is 5.58. The van der Waals surface area contributed by atoms with Gasteiger partial charge in [-0.1, -0.05) is 37.3 Å². The first-order valence-corrected chi connectivity index (χ1v) is 9.97. The average molecular weight is 424 g/mol. The van der Waals surface area contributed by atoms with E-state index in [2.05, 4.69) is 37.8 Å². The van der Waals surface area contributed by atoms with Crippen molar-refractivity contribution in [3.05, 3.63) is 58.1 Å². The van der Waals surface area contributed by atoms with Gasteiger partial charge in [0.25, 0.3) is 0 Å². The number of phenolic OH excluding ortho intramolecular Hbond substituents is 1. The number of aryl methyl sites for hydroxylation is 1. The highest BCUT2D eigenvalue weighted by Crippen LogP contribution is 2.22. The summed E-state index contributed by atoms with van der Waals surface area (Å²) in [7, 11) is 0. The maximum Gasteiger partial charge on any atom is 0.222 e. The van der Waals surface area contributed by atoms with Crippen LogP contribution >= 0.6 is 11.6 Å². The number of hydrogen-bond acceptors (Lipinski definition) is 5. The highest BCUT2D eigenvalue weighted by molar-refractivity contribution is 6.31. The van der Waals surface area contributed by atoms with E-state index < -0.39 is 0 Å². The number of halogens is 1. The number of hydrogen-bond donors (Lipinski definition) is 3. The lowest BCUT2D eigenvalue weighted by Crippen LogP contribution is -2.28. The van der Waals surface area contributed by atoms with Gasteiger partial charge in [0, 0.05) is 29.2 Å². The summed E-state index contributed by atoms with van der Waals surface area (Å²) in [6, 6.07) is 10.5. The second-order valence-electron chi connectivity index (χ2n) is 7.07. The van der Waals surface area contributed by atoms with E-state index in [9.17, 15) is 9.90 Å². The summed E-state index contributed by atoms with van der Waals surface area (Å²) < 4.78 is 0. The number of carbonyl (C=O) groups excluding carboxylic acids is 1. The molecule has 0 bridgehead atoms. The number of carbonyl (C=O) groups is 1. The number of tetrazole rings is 1. The van der Waals surface area contributed by atoms with Crippen molar-refractivity contribution in [1.29, 1.82) is 0 Å². The van der Waals surface area contributed by atoms with Crippen LogP contribution in [0.25, 0.3) is 11.4 Å². The van der Waals surface area contributed by atoms with Crippen molar-refractivity contribution < 1.29 is 9.90 Å². The molecule has 0 aliphatic rings. The summed E-state index contributed by atoms with van der Waals surface area (Å²) in [5, 5.41) is 26.9. The summed E-state index contributed by atoms with van der Waals surface area (Å²) in [6.45, 7) is 4.32. The summed E-state index contributed by atoms with van der Waals surface area (Å²) >= 11 is 6.16. The average Bonchev–Trinajstić information content (AvgIpc) is 3.25. The number of nitrogens with zero attached hydrogens (tertiary/aromatic N) is 3. The van der Waals surface area contributed by atoms with Gasteiger partial charge in [0.2, 0.25) is 11.7 Å². The lowest BCUT2D eigenvalue weighted by molar-refractivity contribution is -0.123. The van der Waals surface area contributed by atoms with E-state index >= 15 is 0 Å². The van der Waals surface area contributed by atoms with Gasteiger partial charge in [-0.3, -0.25) is 4.79 Å². The minimum absolute atomic E-state index is 0.0388. The zero-order valence-corrected chi connectivity index (χ0v) is 17.5. The van der Waals surface area contributed by atoms with Gasteiger partial charge in [0.1, 0.15) is 5.75 Å². The lowest BCUT2D eigenvalue weighted by Gasteiger charge is -2.09. The van der Waals surface area contributed by atoms with Gasteiger partial charge >= 0.3 is 0 Å². The van der Waals surface area contributed by atoms with Crippen LogP contribution in [-0.4, -0.2) is 38.2 Å². The Morgan fingerprint density at radius 1 is 1.20 bits per heavy atom. The van der Waals surface area contributed by atoms with Crippen LogP contribution in [0.15, 0.2) is 36.4 Å². The molecule has 3 aromatic rings. The Labute approximate surface area is 179 Å². The van der Waals surface area contributed by atoms with Crippen molar-refractivity contribution in [2.45, 2.75) is 26.7 Å². The molecule has 3 N–H and O–H groups in total. The SMILES string of the molecule is CC(C)C(=O)NCCCc1cc(-c2nn[nH]n2)ccc1C#Cc1ccc(O)cc1Cl. The van der Waals surface area contributed by atoms with Gasteiger partial charge in [0.05, 0.1) is 5.02 Å². The van der Waals surface area contributed by atoms with Crippen LogP contribution < -0.4 is 5.32 Å². The van der Waals surface area contributed by atoms with Crippen molar-refractivity contribution in [2.24, 2.45) is 5.92 Å². The number of phenols is 1. The number of H-pyrrole nitrogens is 1. The first-order valence-electron chi connectivity index (χ1n) is 9.59. The normalized spacial score (nSPS) is 10.5. The molecule has 8 heteroatoms. The Balaban J connectivity index is 1.83. The Bertz CT molecular complexity index is 1080. The summed E-state index contributed by atoms with van der Waals surface area (Å²) in [5.74, 6) is 6.83. The first kappa shape index (κ1) is 21.3. The van der Waals surface area contributed by atoms with Gasteiger partial charge in [-0.05, 0) is 60.0 Å². The molecule has 0 unspecified atom stereocenters. The van der Waals surface area contributed by atoms with E-state index in [4.69, 9.17) is 11.6 Å². The molecule has 0 radical (unpaired) electrons. The number of aromatic hydroxyl groups is 1. The minimum Gasteiger partial charge on any atom is -0.508 e. The fourth-order valence-corrected chi connectivity index (χ4v) is 3.00. The molecular formula is C22H22ClN5O2. The van der Waals surface area contributed by atoms with Crippen molar-refractivity contribution in [2.75, 3.05) is 6.54 Å². The smallest absolute Gasteiger partial charge is 0.222 e. The largest absolute Gasteiger partial charge is 0.508 e. The van der Waals surface area contributed by atoms with Gasteiger partial charge in [-0.2, -0.15) is 5.21 Å². The molecule has 1 amide bonds. The number of aromatic amines is 1. The van der Waals surface area contributed by atoms with Crippen molar-refractivity contribution >= 4 is 17.5 Å². The van der Waals surface area contributed by atoms with Crippen molar-refractivity contribution in [3.63, 3.8) is 0 Å². The molecule has 2 aromatic carbocycles. The van der Waals surface area contributed by atoms with Crippen LogP contribution in [0, 0.1) is 17.8 Å². The predicted octanol–water partition coefficient (Wildman–Crippen LogP) is 3.33.